The van der Waals surface area contributed by atoms with Gasteiger partial charge in [0.05, 0.1) is 24.2 Å². The number of aryl methyl sites for hydroxylation is 1. The fourth-order valence-corrected chi connectivity index (χ4v) is 3.39. The number of carbonyl (C=O) groups excluding carboxylic acids is 1. The molecule has 2 unspecified atom stereocenters. The Morgan fingerprint density at radius 2 is 2.41 bits per heavy atom. The van der Waals surface area contributed by atoms with Gasteiger partial charge in [-0.15, -0.1) is 11.3 Å². The van der Waals surface area contributed by atoms with Gasteiger partial charge in [0.1, 0.15) is 0 Å². The monoisotopic (exact) mass is 253 g/mol. The van der Waals surface area contributed by atoms with Gasteiger partial charge >= 0.3 is 5.97 Å². The van der Waals surface area contributed by atoms with Gasteiger partial charge in [0.2, 0.25) is 0 Å². The van der Waals surface area contributed by atoms with Gasteiger partial charge in [0.15, 0.2) is 0 Å². The summed E-state index contributed by atoms with van der Waals surface area (Å²) in [7, 11) is 1.43. The van der Waals surface area contributed by atoms with Crippen LogP contribution in [0.2, 0.25) is 0 Å². The molecule has 1 aliphatic carbocycles. The zero-order valence-electron chi connectivity index (χ0n) is 10.4. The van der Waals surface area contributed by atoms with Crippen LogP contribution < -0.4 is 0 Å². The fourth-order valence-electron chi connectivity index (χ4n) is 2.39. The van der Waals surface area contributed by atoms with Crippen LogP contribution >= 0.6 is 11.3 Å². The molecule has 0 spiro atoms. The van der Waals surface area contributed by atoms with E-state index in [1.54, 1.807) is 11.3 Å². The first-order chi connectivity index (χ1) is 8.19. The molecule has 0 saturated heterocycles. The zero-order valence-corrected chi connectivity index (χ0v) is 11.3. The van der Waals surface area contributed by atoms with Gasteiger partial charge < -0.3 is 4.74 Å². The second-order valence-corrected chi connectivity index (χ2v) is 5.76. The quantitative estimate of drug-likeness (QED) is 0.774. The number of ether oxygens (including phenoxy) is 1. The van der Waals surface area contributed by atoms with E-state index in [0.717, 1.165) is 11.6 Å². The minimum Gasteiger partial charge on any atom is -0.469 e. The molecule has 0 amide bonds. The summed E-state index contributed by atoms with van der Waals surface area (Å²) in [4.78, 5) is 15.7. The minimum absolute atomic E-state index is 0.158. The van der Waals surface area contributed by atoms with Crippen molar-refractivity contribution < 1.29 is 9.53 Å². The molecule has 0 bridgehead atoms. The van der Waals surface area contributed by atoms with Gasteiger partial charge in [-0.2, -0.15) is 0 Å². The van der Waals surface area contributed by atoms with Gasteiger partial charge in [-0.05, 0) is 18.8 Å². The first kappa shape index (κ1) is 12.6. The summed E-state index contributed by atoms with van der Waals surface area (Å²) in [6, 6.07) is 0. The number of thiazole rings is 1. The summed E-state index contributed by atoms with van der Waals surface area (Å²) in [5, 5.41) is 3.34. The molecule has 1 aliphatic rings. The largest absolute Gasteiger partial charge is 0.469 e. The topological polar surface area (TPSA) is 39.2 Å². The van der Waals surface area contributed by atoms with Crippen molar-refractivity contribution in [2.24, 2.45) is 5.92 Å². The third kappa shape index (κ3) is 3.28. The molecule has 0 aliphatic heterocycles. The number of rotatable bonds is 4. The lowest BCUT2D eigenvalue weighted by molar-refractivity contribution is -0.140. The average Bonchev–Trinajstić information content (AvgIpc) is 2.94. The zero-order chi connectivity index (χ0) is 12.3. The van der Waals surface area contributed by atoms with Crippen molar-refractivity contribution in [2.45, 2.75) is 44.9 Å². The number of esters is 1. The standard InChI is InChI=1S/C13H19NO2S/c1-9-3-4-10(7-9)13-14-11(8-17-13)5-6-12(15)16-2/h8-10H,3-7H2,1-2H3. The summed E-state index contributed by atoms with van der Waals surface area (Å²) < 4.78 is 4.63. The first-order valence-electron chi connectivity index (χ1n) is 6.20. The Labute approximate surface area is 106 Å². The van der Waals surface area contributed by atoms with E-state index in [9.17, 15) is 4.79 Å². The maximum Gasteiger partial charge on any atom is 0.305 e. The van der Waals surface area contributed by atoms with Crippen LogP contribution in [0.4, 0.5) is 0 Å². The average molecular weight is 253 g/mol. The Morgan fingerprint density at radius 3 is 3.06 bits per heavy atom. The Balaban J connectivity index is 1.89. The second kappa shape index (κ2) is 5.63. The number of hydrogen-bond donors (Lipinski definition) is 0. The third-order valence-corrected chi connectivity index (χ3v) is 4.48. The van der Waals surface area contributed by atoms with Gasteiger partial charge in [-0.3, -0.25) is 4.79 Å². The molecular formula is C13H19NO2S. The molecule has 0 radical (unpaired) electrons. The van der Waals surface area contributed by atoms with Gasteiger partial charge in [0.25, 0.3) is 0 Å². The summed E-state index contributed by atoms with van der Waals surface area (Å²) in [6.45, 7) is 2.31. The van der Waals surface area contributed by atoms with Crippen LogP contribution in [-0.2, 0) is 16.0 Å². The van der Waals surface area contributed by atoms with Crippen LogP contribution in [0.25, 0.3) is 0 Å². The normalized spacial score (nSPS) is 23.9. The molecule has 0 N–H and O–H groups in total. The van der Waals surface area contributed by atoms with Crippen molar-refractivity contribution >= 4 is 17.3 Å². The molecule has 17 heavy (non-hydrogen) atoms. The lowest BCUT2D eigenvalue weighted by atomic mass is 10.1. The highest BCUT2D eigenvalue weighted by molar-refractivity contribution is 7.09. The Hall–Kier alpha value is -0.900. The van der Waals surface area contributed by atoms with E-state index in [1.165, 1.54) is 31.4 Å². The third-order valence-electron chi connectivity index (χ3n) is 3.43. The lowest BCUT2D eigenvalue weighted by Crippen LogP contribution is -2.02. The van der Waals surface area contributed by atoms with Gasteiger partial charge in [-0.25, -0.2) is 4.98 Å². The maximum atomic E-state index is 11.0. The molecule has 4 heteroatoms. The van der Waals surface area contributed by atoms with E-state index in [0.29, 0.717) is 18.8 Å². The van der Waals surface area contributed by atoms with Crippen molar-refractivity contribution in [3.8, 4) is 0 Å². The lowest BCUT2D eigenvalue weighted by Gasteiger charge is -2.04. The van der Waals surface area contributed by atoms with Crippen LogP contribution in [0, 0.1) is 5.92 Å². The molecule has 1 saturated carbocycles. The molecule has 1 aromatic heterocycles. The van der Waals surface area contributed by atoms with E-state index in [2.05, 4.69) is 22.0 Å². The molecule has 94 valence electrons. The summed E-state index contributed by atoms with van der Waals surface area (Å²) in [6.07, 6.45) is 4.99. The van der Waals surface area contributed by atoms with E-state index in [-0.39, 0.29) is 5.97 Å². The van der Waals surface area contributed by atoms with Gasteiger partial charge in [0, 0.05) is 17.7 Å². The molecular weight excluding hydrogens is 234 g/mol. The van der Waals surface area contributed by atoms with Crippen LogP contribution in [0.1, 0.15) is 49.2 Å². The Bertz CT molecular complexity index is 389. The molecule has 3 nitrogen and oxygen atoms in total. The van der Waals surface area contributed by atoms with E-state index in [4.69, 9.17) is 0 Å². The maximum absolute atomic E-state index is 11.0. The molecule has 1 heterocycles. The summed E-state index contributed by atoms with van der Waals surface area (Å²) in [5.74, 6) is 1.33. The van der Waals surface area contributed by atoms with Crippen LogP contribution in [0.5, 0.6) is 0 Å². The molecule has 1 fully saturated rings. The highest BCUT2D eigenvalue weighted by Crippen LogP contribution is 2.39. The summed E-state index contributed by atoms with van der Waals surface area (Å²) in [5.41, 5.74) is 1.04. The molecule has 0 aromatic carbocycles. The van der Waals surface area contributed by atoms with E-state index in [1.807, 2.05) is 0 Å². The SMILES string of the molecule is COC(=O)CCc1csc(C2CCC(C)C2)n1. The van der Waals surface area contributed by atoms with Gasteiger partial charge in [-0.1, -0.05) is 13.3 Å². The smallest absolute Gasteiger partial charge is 0.305 e. The van der Waals surface area contributed by atoms with Crippen molar-refractivity contribution in [1.29, 1.82) is 0 Å². The Morgan fingerprint density at radius 1 is 1.59 bits per heavy atom. The molecule has 1 aromatic rings. The van der Waals surface area contributed by atoms with Crippen molar-refractivity contribution in [2.75, 3.05) is 7.11 Å². The fraction of sp³-hybridized carbons (Fsp3) is 0.692. The number of hydrogen-bond acceptors (Lipinski definition) is 4. The van der Waals surface area contributed by atoms with E-state index >= 15 is 0 Å². The van der Waals surface area contributed by atoms with Crippen LogP contribution in [0.15, 0.2) is 5.38 Å². The number of nitrogens with zero attached hydrogens (tertiary/aromatic N) is 1. The predicted octanol–water partition coefficient (Wildman–Crippen LogP) is 3.15. The Kier molecular flexibility index (Phi) is 4.15. The molecule has 2 atom stereocenters. The van der Waals surface area contributed by atoms with Crippen molar-refractivity contribution in [3.63, 3.8) is 0 Å². The highest BCUT2D eigenvalue weighted by Gasteiger charge is 2.25. The van der Waals surface area contributed by atoms with E-state index < -0.39 is 0 Å². The van der Waals surface area contributed by atoms with Crippen molar-refractivity contribution in [3.05, 3.63) is 16.1 Å². The summed E-state index contributed by atoms with van der Waals surface area (Å²) >= 11 is 1.74. The predicted molar refractivity (Wildman–Crippen MR) is 68.2 cm³/mol. The van der Waals surface area contributed by atoms with Crippen LogP contribution in [0.3, 0.4) is 0 Å². The van der Waals surface area contributed by atoms with Crippen LogP contribution in [-0.4, -0.2) is 18.1 Å². The molecule has 2 rings (SSSR count). The minimum atomic E-state index is -0.158. The highest BCUT2D eigenvalue weighted by atomic mass is 32.1. The number of methoxy groups -OCH3 is 1. The number of carbonyl (C=O) groups is 1. The second-order valence-electron chi connectivity index (χ2n) is 4.87. The number of aromatic nitrogens is 1. The van der Waals surface area contributed by atoms with Crippen molar-refractivity contribution in [1.82, 2.24) is 4.98 Å². The first-order valence-corrected chi connectivity index (χ1v) is 7.08.